The normalized spacial score (nSPS) is 13.7. The lowest BCUT2D eigenvalue weighted by Crippen LogP contribution is -2.35. The molecule has 0 aliphatic carbocycles. The van der Waals surface area contributed by atoms with Crippen molar-refractivity contribution >= 4 is 0 Å². The first-order chi connectivity index (χ1) is 9.40. The molecule has 4 nitrogen and oxygen atoms in total. The van der Waals surface area contributed by atoms with E-state index in [1.165, 1.54) is 5.56 Å². The molecule has 4 heteroatoms. The fraction of sp³-hybridized carbons (Fsp3) is 0.812. The van der Waals surface area contributed by atoms with Gasteiger partial charge in [-0.15, -0.1) is 0 Å². The van der Waals surface area contributed by atoms with Gasteiger partial charge in [0.2, 0.25) is 0 Å². The van der Waals surface area contributed by atoms with Crippen LogP contribution in [0.5, 0.6) is 0 Å². The van der Waals surface area contributed by atoms with Gasteiger partial charge in [0.1, 0.15) is 0 Å². The monoisotopic (exact) mass is 280 g/mol. The third-order valence-electron chi connectivity index (χ3n) is 4.20. The Morgan fingerprint density at radius 3 is 2.30 bits per heavy atom. The van der Waals surface area contributed by atoms with Crippen molar-refractivity contribution in [2.75, 3.05) is 13.1 Å². The maximum absolute atomic E-state index is 5.98. The molecular weight excluding hydrogens is 248 g/mol. The maximum atomic E-state index is 5.98. The Balaban J connectivity index is 2.76. The largest absolute Gasteiger partial charge is 0.329 e. The Bertz CT molecular complexity index is 387. The van der Waals surface area contributed by atoms with Gasteiger partial charge in [0, 0.05) is 31.4 Å². The van der Waals surface area contributed by atoms with E-state index in [4.69, 9.17) is 5.73 Å². The highest BCUT2D eigenvalue weighted by Gasteiger charge is 2.21. The van der Waals surface area contributed by atoms with Gasteiger partial charge in [-0.2, -0.15) is 5.10 Å². The van der Waals surface area contributed by atoms with Gasteiger partial charge in [0.05, 0.1) is 5.69 Å². The van der Waals surface area contributed by atoms with E-state index in [-0.39, 0.29) is 6.04 Å². The summed E-state index contributed by atoms with van der Waals surface area (Å²) in [6.07, 6.45) is 3.05. The van der Waals surface area contributed by atoms with E-state index in [0.29, 0.717) is 24.3 Å². The molecule has 0 bridgehead atoms. The molecule has 0 radical (unpaired) electrons. The fourth-order valence-corrected chi connectivity index (χ4v) is 2.96. The second kappa shape index (κ2) is 7.79. The number of aryl methyl sites for hydroxylation is 2. The molecule has 20 heavy (non-hydrogen) atoms. The first kappa shape index (κ1) is 17.2. The van der Waals surface area contributed by atoms with Gasteiger partial charge < -0.3 is 11.1 Å². The van der Waals surface area contributed by atoms with Gasteiger partial charge >= 0.3 is 0 Å². The van der Waals surface area contributed by atoms with Gasteiger partial charge in [0.25, 0.3) is 0 Å². The van der Waals surface area contributed by atoms with Crippen molar-refractivity contribution in [2.45, 2.75) is 47.1 Å². The van der Waals surface area contributed by atoms with E-state index >= 15 is 0 Å². The second-order valence-corrected chi connectivity index (χ2v) is 6.41. The van der Waals surface area contributed by atoms with E-state index < -0.39 is 0 Å². The topological polar surface area (TPSA) is 55.9 Å². The van der Waals surface area contributed by atoms with Gasteiger partial charge in [-0.25, -0.2) is 0 Å². The Hall–Kier alpha value is -0.870. The fourth-order valence-electron chi connectivity index (χ4n) is 2.96. The number of nitrogens with two attached hydrogens (primary N) is 1. The lowest BCUT2D eigenvalue weighted by atomic mass is 9.85. The number of rotatable bonds is 8. The molecule has 1 atom stereocenters. The molecule has 1 aromatic rings. The summed E-state index contributed by atoms with van der Waals surface area (Å²) in [6.45, 7) is 13.0. The summed E-state index contributed by atoms with van der Waals surface area (Å²) >= 11 is 0. The van der Waals surface area contributed by atoms with E-state index in [1.54, 1.807) is 0 Å². The van der Waals surface area contributed by atoms with Crippen LogP contribution < -0.4 is 11.1 Å². The van der Waals surface area contributed by atoms with Crippen LogP contribution in [0.2, 0.25) is 0 Å². The Morgan fingerprint density at radius 1 is 1.25 bits per heavy atom. The molecule has 0 aliphatic heterocycles. The molecule has 3 N–H and O–H groups in total. The Kier molecular flexibility index (Phi) is 6.69. The number of aromatic nitrogens is 2. The average Bonchev–Trinajstić information content (AvgIpc) is 2.74. The van der Waals surface area contributed by atoms with E-state index in [1.807, 2.05) is 11.7 Å². The molecular formula is C16H32N4. The molecule has 0 spiro atoms. The smallest absolute Gasteiger partial charge is 0.0670 e. The summed E-state index contributed by atoms with van der Waals surface area (Å²) < 4.78 is 1.89. The van der Waals surface area contributed by atoms with Crippen LogP contribution in [0.25, 0.3) is 0 Å². The quantitative estimate of drug-likeness (QED) is 0.769. The third kappa shape index (κ3) is 4.32. The van der Waals surface area contributed by atoms with Crippen molar-refractivity contribution < 1.29 is 0 Å². The number of hydrogen-bond donors (Lipinski definition) is 2. The average molecular weight is 280 g/mol. The molecule has 116 valence electrons. The summed E-state index contributed by atoms with van der Waals surface area (Å²) in [5.41, 5.74) is 8.38. The van der Waals surface area contributed by atoms with Crippen molar-refractivity contribution in [1.29, 1.82) is 0 Å². The molecule has 1 aromatic heterocycles. The van der Waals surface area contributed by atoms with Crippen molar-refractivity contribution in [3.8, 4) is 0 Å². The number of hydrogen-bond acceptors (Lipinski definition) is 3. The molecule has 0 aromatic carbocycles. The minimum absolute atomic E-state index is 0.207. The zero-order chi connectivity index (χ0) is 15.3. The Labute approximate surface area is 124 Å². The minimum atomic E-state index is 0.207. The van der Waals surface area contributed by atoms with Crippen LogP contribution in [0.3, 0.4) is 0 Å². The summed E-state index contributed by atoms with van der Waals surface area (Å²) in [5, 5.41) is 8.17. The SMILES string of the molecule is CCc1nn(C)cc1C(CN)NCC(C(C)C)C(C)C. The summed E-state index contributed by atoms with van der Waals surface area (Å²) in [5.74, 6) is 2.03. The van der Waals surface area contributed by atoms with Crippen molar-refractivity contribution in [3.05, 3.63) is 17.5 Å². The number of nitrogens with zero attached hydrogens (tertiary/aromatic N) is 2. The van der Waals surface area contributed by atoms with Crippen molar-refractivity contribution in [2.24, 2.45) is 30.5 Å². The van der Waals surface area contributed by atoms with Crippen LogP contribution in [0, 0.1) is 17.8 Å². The van der Waals surface area contributed by atoms with Crippen molar-refractivity contribution in [1.82, 2.24) is 15.1 Å². The van der Waals surface area contributed by atoms with Crippen molar-refractivity contribution in [3.63, 3.8) is 0 Å². The zero-order valence-corrected chi connectivity index (χ0v) is 14.0. The van der Waals surface area contributed by atoms with Crippen LogP contribution in [0.15, 0.2) is 6.20 Å². The number of nitrogens with one attached hydrogen (secondary N) is 1. The summed E-state index contributed by atoms with van der Waals surface area (Å²) in [7, 11) is 1.97. The van der Waals surface area contributed by atoms with E-state index in [9.17, 15) is 0 Å². The predicted octanol–water partition coefficient (Wildman–Crippen LogP) is 2.50. The standard InChI is InChI=1S/C16H32N4/c1-7-15-14(10-20(6)19-15)16(8-17)18-9-13(11(2)3)12(4)5/h10-13,16,18H,7-9,17H2,1-6H3. The molecule has 0 amide bonds. The highest BCUT2D eigenvalue weighted by atomic mass is 15.3. The molecule has 1 rings (SSSR count). The predicted molar refractivity (Wildman–Crippen MR) is 85.6 cm³/mol. The Morgan fingerprint density at radius 2 is 1.85 bits per heavy atom. The third-order valence-corrected chi connectivity index (χ3v) is 4.20. The highest BCUT2D eigenvalue weighted by molar-refractivity contribution is 5.21. The molecule has 0 saturated carbocycles. The first-order valence-electron chi connectivity index (χ1n) is 7.86. The molecule has 1 unspecified atom stereocenters. The van der Waals surface area contributed by atoms with Crippen LogP contribution in [-0.2, 0) is 13.5 Å². The first-order valence-corrected chi connectivity index (χ1v) is 7.86. The highest BCUT2D eigenvalue weighted by Crippen LogP contribution is 2.22. The molecule has 0 fully saturated rings. The molecule has 0 aliphatic rings. The lowest BCUT2D eigenvalue weighted by molar-refractivity contribution is 0.266. The van der Waals surface area contributed by atoms with E-state index in [0.717, 1.165) is 18.7 Å². The molecule has 1 heterocycles. The maximum Gasteiger partial charge on any atom is 0.0670 e. The summed E-state index contributed by atoms with van der Waals surface area (Å²) in [4.78, 5) is 0. The second-order valence-electron chi connectivity index (χ2n) is 6.41. The summed E-state index contributed by atoms with van der Waals surface area (Å²) in [6, 6.07) is 0.207. The van der Waals surface area contributed by atoms with Gasteiger partial charge in [-0.1, -0.05) is 34.6 Å². The zero-order valence-electron chi connectivity index (χ0n) is 14.0. The minimum Gasteiger partial charge on any atom is -0.329 e. The van der Waals surface area contributed by atoms with Crippen LogP contribution in [-0.4, -0.2) is 22.9 Å². The van der Waals surface area contributed by atoms with Crippen LogP contribution >= 0.6 is 0 Å². The molecule has 0 saturated heterocycles. The van der Waals surface area contributed by atoms with Crippen LogP contribution in [0.1, 0.15) is 51.9 Å². The van der Waals surface area contributed by atoms with Gasteiger partial charge in [0.15, 0.2) is 0 Å². The van der Waals surface area contributed by atoms with Gasteiger partial charge in [-0.05, 0) is 30.7 Å². The lowest BCUT2D eigenvalue weighted by Gasteiger charge is -2.27. The van der Waals surface area contributed by atoms with E-state index in [2.05, 4.69) is 51.2 Å². The van der Waals surface area contributed by atoms with Gasteiger partial charge in [-0.3, -0.25) is 4.68 Å². The van der Waals surface area contributed by atoms with Crippen LogP contribution in [0.4, 0.5) is 0 Å².